The van der Waals surface area contributed by atoms with Crippen molar-refractivity contribution in [2.24, 2.45) is 0 Å². The molecule has 0 fully saturated rings. The van der Waals surface area contributed by atoms with Crippen LogP contribution < -0.4 is 5.73 Å². The molecular formula is C8H9N3OS. The maximum absolute atomic E-state index is 11.2. The molecule has 1 heterocycles. The lowest BCUT2D eigenvalue weighted by molar-refractivity contribution is 0.0997. The summed E-state index contributed by atoms with van der Waals surface area (Å²) in [6.07, 6.45) is 0.582. The first kappa shape index (κ1) is 9.68. The van der Waals surface area contributed by atoms with Gasteiger partial charge < -0.3 is 5.73 Å². The number of aryl methyl sites for hydroxylation is 1. The number of hydrogen-bond donors (Lipinski definition) is 1. The van der Waals surface area contributed by atoms with Crippen molar-refractivity contribution in [3.05, 3.63) is 10.7 Å². The summed E-state index contributed by atoms with van der Waals surface area (Å²) in [7, 11) is 0. The monoisotopic (exact) mass is 195 g/mol. The number of thiazole rings is 1. The second-order valence-electron chi connectivity index (χ2n) is 2.44. The van der Waals surface area contributed by atoms with E-state index in [1.54, 1.807) is 6.07 Å². The third-order valence-corrected chi connectivity index (χ3v) is 2.51. The first-order valence-electron chi connectivity index (χ1n) is 3.84. The lowest BCUT2D eigenvalue weighted by Crippen LogP contribution is -1.96. The number of nitrogens with two attached hydrogens (primary N) is 1. The van der Waals surface area contributed by atoms with E-state index in [-0.39, 0.29) is 12.2 Å². The van der Waals surface area contributed by atoms with E-state index in [4.69, 9.17) is 11.0 Å². The van der Waals surface area contributed by atoms with Crippen LogP contribution in [0.25, 0.3) is 0 Å². The van der Waals surface area contributed by atoms with E-state index >= 15 is 0 Å². The van der Waals surface area contributed by atoms with Crippen LogP contribution in [0.5, 0.6) is 0 Å². The first-order valence-corrected chi connectivity index (χ1v) is 4.66. The highest BCUT2D eigenvalue weighted by Gasteiger charge is 2.13. The van der Waals surface area contributed by atoms with Gasteiger partial charge in [-0.05, 0) is 6.42 Å². The number of nitrogens with zero attached hydrogens (tertiary/aromatic N) is 2. The van der Waals surface area contributed by atoms with Crippen molar-refractivity contribution in [3.8, 4) is 6.07 Å². The molecule has 0 saturated heterocycles. The number of carbonyl (C=O) groups is 1. The van der Waals surface area contributed by atoms with E-state index in [2.05, 4.69) is 4.98 Å². The topological polar surface area (TPSA) is 79.8 Å². The van der Waals surface area contributed by atoms with E-state index in [0.29, 0.717) is 16.4 Å². The Morgan fingerprint density at radius 1 is 1.77 bits per heavy atom. The molecule has 0 bridgehead atoms. The summed E-state index contributed by atoms with van der Waals surface area (Å²) in [6.45, 7) is 1.92. The lowest BCUT2D eigenvalue weighted by atomic mass is 10.3. The van der Waals surface area contributed by atoms with Crippen LogP contribution >= 0.6 is 11.3 Å². The standard InChI is InChI=1S/C8H9N3OS/c1-2-5-7(10)13-8(11-5)6(12)3-4-9/h2-3,10H2,1H3. The predicted octanol–water partition coefficient (Wildman–Crippen LogP) is 1.38. The van der Waals surface area contributed by atoms with Crippen LogP contribution in [0.4, 0.5) is 5.00 Å². The fraction of sp³-hybridized carbons (Fsp3) is 0.375. The highest BCUT2D eigenvalue weighted by atomic mass is 32.1. The predicted molar refractivity (Wildman–Crippen MR) is 50.5 cm³/mol. The molecule has 0 saturated carbocycles. The minimum absolute atomic E-state index is 0.129. The third-order valence-electron chi connectivity index (χ3n) is 1.54. The number of anilines is 1. The average molecular weight is 195 g/mol. The van der Waals surface area contributed by atoms with Gasteiger partial charge in [0.05, 0.1) is 11.8 Å². The first-order chi connectivity index (χ1) is 6.19. The van der Waals surface area contributed by atoms with Crippen molar-refractivity contribution in [1.29, 1.82) is 5.26 Å². The highest BCUT2D eigenvalue weighted by molar-refractivity contribution is 7.17. The number of rotatable bonds is 3. The molecule has 13 heavy (non-hydrogen) atoms. The zero-order valence-corrected chi connectivity index (χ0v) is 8.02. The van der Waals surface area contributed by atoms with Gasteiger partial charge in [-0.15, -0.1) is 0 Å². The maximum atomic E-state index is 11.2. The van der Waals surface area contributed by atoms with Gasteiger partial charge in [0.2, 0.25) is 5.78 Å². The molecule has 0 aromatic carbocycles. The normalized spacial score (nSPS) is 9.54. The zero-order chi connectivity index (χ0) is 9.84. The molecule has 0 amide bonds. The van der Waals surface area contributed by atoms with Crippen molar-refractivity contribution < 1.29 is 4.79 Å². The zero-order valence-electron chi connectivity index (χ0n) is 7.20. The summed E-state index contributed by atoms with van der Waals surface area (Å²) < 4.78 is 0. The Kier molecular flexibility index (Phi) is 2.98. The Balaban J connectivity index is 2.91. The fourth-order valence-corrected chi connectivity index (χ4v) is 1.74. The van der Waals surface area contributed by atoms with Crippen LogP contribution in [0.2, 0.25) is 0 Å². The largest absolute Gasteiger partial charge is 0.389 e. The number of nitrogen functional groups attached to an aromatic ring is 1. The number of nitriles is 1. The van der Waals surface area contributed by atoms with Gasteiger partial charge in [0.25, 0.3) is 0 Å². The summed E-state index contributed by atoms with van der Waals surface area (Å²) in [4.78, 5) is 15.2. The Morgan fingerprint density at radius 3 is 2.92 bits per heavy atom. The van der Waals surface area contributed by atoms with Gasteiger partial charge in [-0.3, -0.25) is 4.79 Å². The Bertz CT molecular complexity index is 364. The summed E-state index contributed by atoms with van der Waals surface area (Å²) >= 11 is 1.15. The van der Waals surface area contributed by atoms with Gasteiger partial charge in [-0.2, -0.15) is 5.26 Å². The number of Topliss-reactive ketones (excluding diaryl/α,β-unsaturated/α-hetero) is 1. The molecule has 0 aliphatic rings. The molecule has 2 N–H and O–H groups in total. The molecule has 1 aromatic heterocycles. The van der Waals surface area contributed by atoms with Crippen molar-refractivity contribution in [1.82, 2.24) is 4.98 Å². The van der Waals surface area contributed by atoms with E-state index in [9.17, 15) is 4.79 Å². The van der Waals surface area contributed by atoms with Crippen LogP contribution in [0.15, 0.2) is 0 Å². The number of aromatic nitrogens is 1. The third kappa shape index (κ3) is 2.04. The minimum atomic E-state index is -0.251. The average Bonchev–Trinajstić information content (AvgIpc) is 2.47. The molecule has 0 atom stereocenters. The molecule has 0 spiro atoms. The maximum Gasteiger partial charge on any atom is 0.205 e. The summed E-state index contributed by atoms with van der Waals surface area (Å²) in [5.41, 5.74) is 6.35. The van der Waals surface area contributed by atoms with E-state index in [1.807, 2.05) is 6.92 Å². The van der Waals surface area contributed by atoms with Crippen molar-refractivity contribution >= 4 is 22.1 Å². The fourth-order valence-electron chi connectivity index (χ4n) is 0.884. The molecule has 4 nitrogen and oxygen atoms in total. The van der Waals surface area contributed by atoms with Crippen LogP contribution in [0, 0.1) is 11.3 Å². The van der Waals surface area contributed by atoms with Crippen LogP contribution in [0.1, 0.15) is 28.8 Å². The van der Waals surface area contributed by atoms with Gasteiger partial charge in [0.15, 0.2) is 5.01 Å². The number of ketones is 1. The smallest absolute Gasteiger partial charge is 0.205 e. The molecule has 0 radical (unpaired) electrons. The van der Waals surface area contributed by atoms with Crippen molar-refractivity contribution in [2.75, 3.05) is 5.73 Å². The van der Waals surface area contributed by atoms with Crippen LogP contribution in [0.3, 0.4) is 0 Å². The molecule has 0 aliphatic carbocycles. The molecule has 0 aliphatic heterocycles. The molecule has 1 rings (SSSR count). The Labute approximate surface area is 80.0 Å². The molecule has 0 unspecified atom stereocenters. The molecule has 68 valence electrons. The van der Waals surface area contributed by atoms with Gasteiger partial charge in [0, 0.05) is 0 Å². The van der Waals surface area contributed by atoms with E-state index in [0.717, 1.165) is 17.0 Å². The number of carbonyl (C=O) groups excluding carboxylic acids is 1. The van der Waals surface area contributed by atoms with Crippen LogP contribution in [-0.2, 0) is 6.42 Å². The highest BCUT2D eigenvalue weighted by Crippen LogP contribution is 2.22. The Morgan fingerprint density at radius 2 is 2.46 bits per heavy atom. The van der Waals surface area contributed by atoms with Gasteiger partial charge in [-0.25, -0.2) is 4.98 Å². The lowest BCUT2D eigenvalue weighted by Gasteiger charge is -1.87. The number of hydrogen-bond acceptors (Lipinski definition) is 5. The quantitative estimate of drug-likeness (QED) is 0.739. The van der Waals surface area contributed by atoms with E-state index < -0.39 is 0 Å². The van der Waals surface area contributed by atoms with Gasteiger partial charge in [-0.1, -0.05) is 18.3 Å². The van der Waals surface area contributed by atoms with Gasteiger partial charge in [0.1, 0.15) is 11.4 Å². The van der Waals surface area contributed by atoms with Crippen LogP contribution in [-0.4, -0.2) is 10.8 Å². The van der Waals surface area contributed by atoms with Gasteiger partial charge >= 0.3 is 0 Å². The second kappa shape index (κ2) is 4.01. The van der Waals surface area contributed by atoms with Crippen molar-refractivity contribution in [2.45, 2.75) is 19.8 Å². The molecule has 1 aromatic rings. The second-order valence-corrected chi connectivity index (χ2v) is 3.47. The Hall–Kier alpha value is -1.41. The van der Waals surface area contributed by atoms with E-state index in [1.165, 1.54) is 0 Å². The summed E-state index contributed by atoms with van der Waals surface area (Å²) in [5, 5.41) is 9.22. The summed E-state index contributed by atoms with van der Waals surface area (Å²) in [6, 6.07) is 1.79. The van der Waals surface area contributed by atoms with Crippen molar-refractivity contribution in [3.63, 3.8) is 0 Å². The summed E-state index contributed by atoms with van der Waals surface area (Å²) in [5.74, 6) is -0.251. The molecule has 5 heteroatoms. The molecular weight excluding hydrogens is 186 g/mol. The SMILES string of the molecule is CCc1nc(C(=O)CC#N)sc1N. The minimum Gasteiger partial charge on any atom is -0.389 e.